The molecule has 0 aliphatic carbocycles. The molecule has 2 aliphatic heterocycles. The quantitative estimate of drug-likeness (QED) is 0.480. The summed E-state index contributed by atoms with van der Waals surface area (Å²) in [6.45, 7) is 0.813. The van der Waals surface area contributed by atoms with Crippen molar-refractivity contribution in [2.45, 2.75) is 31.3 Å². The van der Waals surface area contributed by atoms with Crippen molar-refractivity contribution in [3.8, 4) is 28.7 Å². The Balaban J connectivity index is 1.62. The van der Waals surface area contributed by atoms with Gasteiger partial charge in [0.15, 0.2) is 23.0 Å². The van der Waals surface area contributed by atoms with Gasteiger partial charge in [-0.25, -0.2) is 0 Å². The van der Waals surface area contributed by atoms with Gasteiger partial charge in [0.1, 0.15) is 5.75 Å². The zero-order valence-electron chi connectivity index (χ0n) is 17.2. The molecule has 0 saturated heterocycles. The van der Waals surface area contributed by atoms with Crippen molar-refractivity contribution in [2.75, 3.05) is 13.7 Å². The number of phenols is 4. The standard InChI is InChI=1S/C25H25NO5/c1-31-25-13-19-15(10-24(25)30)6-7-26-20(8-14-2-4-17(27)5-3-14)18-12-23(29)22(28)11-16(18)9-21(19)26/h2-5,10-13,20-21,27-30H,6-9H2,1H3/t20-,21-/m0/s1. The fourth-order valence-electron chi connectivity index (χ4n) is 5.09. The van der Waals surface area contributed by atoms with Crippen molar-refractivity contribution in [2.24, 2.45) is 0 Å². The van der Waals surface area contributed by atoms with Gasteiger partial charge >= 0.3 is 0 Å². The molecule has 3 aromatic carbocycles. The van der Waals surface area contributed by atoms with Crippen molar-refractivity contribution in [3.63, 3.8) is 0 Å². The van der Waals surface area contributed by atoms with Crippen LogP contribution in [0.4, 0.5) is 0 Å². The Morgan fingerprint density at radius 3 is 2.32 bits per heavy atom. The van der Waals surface area contributed by atoms with Crippen molar-refractivity contribution in [1.82, 2.24) is 4.90 Å². The maximum Gasteiger partial charge on any atom is 0.160 e. The maximum atomic E-state index is 10.2. The number of fused-ring (bicyclic) bond motifs is 4. The van der Waals surface area contributed by atoms with E-state index in [9.17, 15) is 20.4 Å². The summed E-state index contributed by atoms with van der Waals surface area (Å²) in [5.41, 5.74) is 5.31. The van der Waals surface area contributed by atoms with Gasteiger partial charge in [-0.15, -0.1) is 0 Å². The van der Waals surface area contributed by atoms with E-state index in [0.29, 0.717) is 18.6 Å². The molecule has 0 amide bonds. The minimum Gasteiger partial charge on any atom is -0.508 e. The Morgan fingerprint density at radius 1 is 0.871 bits per heavy atom. The van der Waals surface area contributed by atoms with E-state index in [1.54, 1.807) is 37.4 Å². The van der Waals surface area contributed by atoms with E-state index in [1.165, 1.54) is 0 Å². The third-order valence-corrected chi connectivity index (χ3v) is 6.61. The minimum atomic E-state index is -0.116. The molecule has 5 rings (SSSR count). The fraction of sp³-hybridized carbons (Fsp3) is 0.280. The van der Waals surface area contributed by atoms with Crippen LogP contribution in [-0.4, -0.2) is 39.0 Å². The Kier molecular flexibility index (Phi) is 4.67. The molecule has 2 aliphatic rings. The molecule has 2 atom stereocenters. The molecular weight excluding hydrogens is 394 g/mol. The second-order valence-corrected chi connectivity index (χ2v) is 8.36. The summed E-state index contributed by atoms with van der Waals surface area (Å²) >= 11 is 0. The summed E-state index contributed by atoms with van der Waals surface area (Å²) in [6, 6.07) is 14.3. The molecule has 0 spiro atoms. The van der Waals surface area contributed by atoms with Crippen LogP contribution in [0, 0.1) is 0 Å². The summed E-state index contributed by atoms with van der Waals surface area (Å²) in [6.07, 6.45) is 2.20. The number of aromatic hydroxyl groups is 4. The van der Waals surface area contributed by atoms with Crippen LogP contribution in [0.3, 0.4) is 0 Å². The Hall–Kier alpha value is -3.38. The number of methoxy groups -OCH3 is 1. The number of rotatable bonds is 3. The van der Waals surface area contributed by atoms with Gasteiger partial charge in [-0.05, 0) is 83.5 Å². The molecule has 6 heteroatoms. The van der Waals surface area contributed by atoms with E-state index >= 15 is 0 Å². The molecular formula is C25H25NO5. The smallest absolute Gasteiger partial charge is 0.160 e. The number of ether oxygens (including phenoxy) is 1. The van der Waals surface area contributed by atoms with Crippen molar-refractivity contribution in [3.05, 3.63) is 76.3 Å². The van der Waals surface area contributed by atoms with E-state index in [1.807, 2.05) is 18.2 Å². The van der Waals surface area contributed by atoms with Crippen LogP contribution in [0.5, 0.6) is 28.7 Å². The Bertz CT molecular complexity index is 1140. The molecule has 31 heavy (non-hydrogen) atoms. The third-order valence-electron chi connectivity index (χ3n) is 6.61. The first-order valence-electron chi connectivity index (χ1n) is 10.4. The van der Waals surface area contributed by atoms with Crippen LogP contribution < -0.4 is 4.74 Å². The van der Waals surface area contributed by atoms with Crippen LogP contribution in [0.25, 0.3) is 0 Å². The number of benzene rings is 3. The average molecular weight is 419 g/mol. The van der Waals surface area contributed by atoms with Crippen LogP contribution in [0.1, 0.15) is 39.9 Å². The molecule has 0 radical (unpaired) electrons. The molecule has 4 N–H and O–H groups in total. The number of hydrogen-bond acceptors (Lipinski definition) is 6. The van der Waals surface area contributed by atoms with Crippen molar-refractivity contribution < 1.29 is 25.2 Å². The molecule has 3 aromatic rings. The van der Waals surface area contributed by atoms with Crippen molar-refractivity contribution >= 4 is 0 Å². The zero-order valence-corrected chi connectivity index (χ0v) is 17.2. The van der Waals surface area contributed by atoms with Gasteiger partial charge in [0.05, 0.1) is 7.11 Å². The maximum absolute atomic E-state index is 10.2. The van der Waals surface area contributed by atoms with Gasteiger partial charge in [-0.1, -0.05) is 12.1 Å². The first-order chi connectivity index (χ1) is 14.9. The highest BCUT2D eigenvalue weighted by atomic mass is 16.5. The van der Waals surface area contributed by atoms with Crippen LogP contribution in [0.2, 0.25) is 0 Å². The van der Waals surface area contributed by atoms with Gasteiger partial charge < -0.3 is 25.2 Å². The zero-order chi connectivity index (χ0) is 21.7. The SMILES string of the molecule is COc1cc2c(cc1O)CCN1[C@@H](Cc3ccc(O)cc3)c3cc(O)c(O)cc3C[C@@H]21. The molecule has 0 aromatic heterocycles. The normalized spacial score (nSPS) is 19.9. The highest BCUT2D eigenvalue weighted by molar-refractivity contribution is 5.53. The summed E-state index contributed by atoms with van der Waals surface area (Å²) in [5, 5.41) is 40.2. The molecule has 0 bridgehead atoms. The first kappa shape index (κ1) is 19.6. The average Bonchev–Trinajstić information content (AvgIpc) is 2.75. The largest absolute Gasteiger partial charge is 0.508 e. The molecule has 0 fully saturated rings. The lowest BCUT2D eigenvalue weighted by Gasteiger charge is -2.47. The molecule has 6 nitrogen and oxygen atoms in total. The van der Waals surface area contributed by atoms with E-state index in [-0.39, 0.29) is 35.1 Å². The lowest BCUT2D eigenvalue weighted by atomic mass is 9.79. The van der Waals surface area contributed by atoms with Gasteiger partial charge in [-0.3, -0.25) is 4.90 Å². The highest BCUT2D eigenvalue weighted by Crippen LogP contribution is 2.48. The monoisotopic (exact) mass is 419 g/mol. The summed E-state index contributed by atoms with van der Waals surface area (Å²) in [5.74, 6) is 0.600. The van der Waals surface area contributed by atoms with E-state index in [2.05, 4.69) is 4.90 Å². The topological polar surface area (TPSA) is 93.4 Å². The third kappa shape index (κ3) is 3.33. The Labute approximate surface area is 180 Å². The van der Waals surface area contributed by atoms with Crippen LogP contribution in [0.15, 0.2) is 48.5 Å². The summed E-state index contributed by atoms with van der Waals surface area (Å²) in [4.78, 5) is 2.44. The van der Waals surface area contributed by atoms with Gasteiger partial charge in [0, 0.05) is 18.6 Å². The van der Waals surface area contributed by atoms with Crippen LogP contribution in [-0.2, 0) is 19.3 Å². The minimum absolute atomic E-state index is 0.00209. The second kappa shape index (κ2) is 7.39. The lowest BCUT2D eigenvalue weighted by Crippen LogP contribution is -2.43. The predicted molar refractivity (Wildman–Crippen MR) is 116 cm³/mol. The lowest BCUT2D eigenvalue weighted by molar-refractivity contribution is 0.106. The second-order valence-electron chi connectivity index (χ2n) is 8.36. The first-order valence-corrected chi connectivity index (χ1v) is 10.4. The molecule has 0 unspecified atom stereocenters. The van der Waals surface area contributed by atoms with Gasteiger partial charge in [-0.2, -0.15) is 0 Å². The number of nitrogens with zero attached hydrogens (tertiary/aromatic N) is 1. The molecule has 160 valence electrons. The molecule has 0 saturated carbocycles. The number of hydrogen-bond donors (Lipinski definition) is 4. The number of phenolic OH excluding ortho intramolecular Hbond substituents is 4. The van der Waals surface area contributed by atoms with E-state index in [4.69, 9.17) is 4.74 Å². The van der Waals surface area contributed by atoms with Crippen molar-refractivity contribution in [1.29, 1.82) is 0 Å². The predicted octanol–water partition coefficient (Wildman–Crippen LogP) is 3.96. The van der Waals surface area contributed by atoms with Gasteiger partial charge in [0.2, 0.25) is 0 Å². The highest BCUT2D eigenvalue weighted by Gasteiger charge is 2.39. The fourth-order valence-corrected chi connectivity index (χ4v) is 5.09. The summed E-state index contributed by atoms with van der Waals surface area (Å²) < 4.78 is 5.36. The van der Waals surface area contributed by atoms with Gasteiger partial charge in [0.25, 0.3) is 0 Å². The Morgan fingerprint density at radius 2 is 1.58 bits per heavy atom. The summed E-state index contributed by atoms with van der Waals surface area (Å²) in [7, 11) is 1.55. The van der Waals surface area contributed by atoms with E-state index in [0.717, 1.165) is 40.8 Å². The van der Waals surface area contributed by atoms with E-state index < -0.39 is 0 Å². The molecule has 2 heterocycles. The van der Waals surface area contributed by atoms with Crippen LogP contribution >= 0.6 is 0 Å².